The molecule has 2 N–H and O–H groups in total. The molecule has 38 heavy (non-hydrogen) atoms. The molecule has 0 bridgehead atoms. The highest BCUT2D eigenvalue weighted by molar-refractivity contribution is 7.91. The van der Waals surface area contributed by atoms with E-state index in [1.165, 1.54) is 22.8 Å². The number of anilines is 2. The molecule has 12 heteroatoms. The molecule has 196 valence electrons. The summed E-state index contributed by atoms with van der Waals surface area (Å²) in [5.41, 5.74) is 0.652. The Bertz CT molecular complexity index is 1800. The largest absolute Gasteiger partial charge is 0.328 e. The van der Waals surface area contributed by atoms with Crippen LogP contribution in [0, 0.1) is 11.6 Å². The number of nitrogens with one attached hydrogen (secondary N) is 2. The number of H-pyrrole nitrogens is 1. The van der Waals surface area contributed by atoms with Gasteiger partial charge in [-0.25, -0.2) is 22.0 Å². The van der Waals surface area contributed by atoms with Gasteiger partial charge in [0.2, 0.25) is 15.9 Å². The summed E-state index contributed by atoms with van der Waals surface area (Å²) in [4.78, 5) is 41.3. The van der Waals surface area contributed by atoms with Gasteiger partial charge in [-0.2, -0.15) is 0 Å². The highest BCUT2D eigenvalue weighted by Gasteiger charge is 2.26. The molecule has 1 aliphatic rings. The molecule has 0 saturated carbocycles. The second-order valence-corrected chi connectivity index (χ2v) is 10.6. The molecule has 5 rings (SSSR count). The van der Waals surface area contributed by atoms with Crippen molar-refractivity contribution < 1.29 is 22.0 Å². The van der Waals surface area contributed by atoms with Crippen LogP contribution < -0.4 is 20.9 Å². The van der Waals surface area contributed by atoms with Crippen molar-refractivity contribution in [3.05, 3.63) is 104 Å². The number of halogens is 2. The summed E-state index contributed by atoms with van der Waals surface area (Å²) in [5, 5.41) is 0.348. The van der Waals surface area contributed by atoms with Gasteiger partial charge in [-0.15, -0.1) is 0 Å². The predicted molar refractivity (Wildman–Crippen MR) is 139 cm³/mol. The number of hydrogen-bond acceptors (Lipinski definition) is 5. The number of nitrogens with zero attached hydrogens (tertiary/aromatic N) is 2. The molecule has 0 unspecified atom stereocenters. The summed E-state index contributed by atoms with van der Waals surface area (Å²) in [5.74, 6) is -3.31. The Morgan fingerprint density at radius 3 is 2.63 bits per heavy atom. The number of fused-ring (bicyclic) bond motifs is 2. The van der Waals surface area contributed by atoms with E-state index in [0.717, 1.165) is 11.6 Å². The first-order chi connectivity index (χ1) is 18.1. The third-order valence-electron chi connectivity index (χ3n) is 6.38. The van der Waals surface area contributed by atoms with E-state index in [1.54, 1.807) is 41.3 Å². The van der Waals surface area contributed by atoms with Gasteiger partial charge in [0.1, 0.15) is 0 Å². The Morgan fingerprint density at radius 2 is 1.82 bits per heavy atom. The molecule has 1 aromatic heterocycles. The average Bonchev–Trinajstić information content (AvgIpc) is 3.29. The fourth-order valence-electron chi connectivity index (χ4n) is 4.61. The maximum Gasteiger partial charge on any atom is 0.328 e. The topological polar surface area (TPSA) is 121 Å². The zero-order chi connectivity index (χ0) is 27.0. The quantitative estimate of drug-likeness (QED) is 0.374. The summed E-state index contributed by atoms with van der Waals surface area (Å²) < 4.78 is 56.2. The first-order valence-corrected chi connectivity index (χ1v) is 13.4. The number of hydrogen-bond donors (Lipinski definition) is 2. The van der Waals surface area contributed by atoms with E-state index in [-0.39, 0.29) is 30.1 Å². The van der Waals surface area contributed by atoms with E-state index in [9.17, 15) is 31.6 Å². The van der Waals surface area contributed by atoms with Crippen molar-refractivity contribution in [3.63, 3.8) is 0 Å². The number of amides is 1. The van der Waals surface area contributed by atoms with Crippen LogP contribution in [0.2, 0.25) is 0 Å². The molecule has 1 amide bonds. The van der Waals surface area contributed by atoms with E-state index in [4.69, 9.17) is 0 Å². The molecule has 0 radical (unpaired) electrons. The number of sulfonamides is 1. The second-order valence-electron chi connectivity index (χ2n) is 8.89. The van der Waals surface area contributed by atoms with Crippen LogP contribution in [-0.2, 0) is 33.5 Å². The number of carbonyl (C=O) groups excluding carboxylic acids is 1. The van der Waals surface area contributed by atoms with E-state index < -0.39 is 38.7 Å². The molecule has 4 aromatic rings. The summed E-state index contributed by atoms with van der Waals surface area (Å²) in [6, 6.07) is 14.7. The van der Waals surface area contributed by atoms with Gasteiger partial charge >= 0.3 is 5.69 Å². The summed E-state index contributed by atoms with van der Waals surface area (Å²) in [7, 11) is -4.03. The number of para-hydroxylation sites is 1. The first-order valence-electron chi connectivity index (χ1n) is 11.7. The Hall–Kier alpha value is -4.32. The number of carbonyl (C=O) groups is 1. The lowest BCUT2D eigenvalue weighted by Crippen LogP contribution is -2.34. The SMILES string of the molecule is O=C(CCn1c(=O)[nH]c(=O)c2ccccc21)N1CCc2cc(NS(=O)(=O)Cc3cccc(F)c3F)ccc21. The van der Waals surface area contributed by atoms with Gasteiger partial charge in [0.15, 0.2) is 11.6 Å². The van der Waals surface area contributed by atoms with Crippen molar-refractivity contribution >= 4 is 38.2 Å². The normalized spacial score (nSPS) is 13.1. The van der Waals surface area contributed by atoms with Gasteiger partial charge in [0.05, 0.1) is 16.7 Å². The standard InChI is InChI=1S/C26H22F2N4O5S/c27-20-6-3-4-17(24(20)28)15-38(36,37)30-18-8-9-21-16(14-18)10-12-31(21)23(33)11-13-32-22-7-2-1-5-19(22)25(34)29-26(32)35/h1-9,14,30H,10-13,15H2,(H,29,34,35). The van der Waals surface area contributed by atoms with Crippen molar-refractivity contribution in [2.24, 2.45) is 0 Å². The van der Waals surface area contributed by atoms with Gasteiger partial charge < -0.3 is 4.90 Å². The Labute approximate surface area is 215 Å². The van der Waals surface area contributed by atoms with Crippen LogP contribution in [0.4, 0.5) is 20.2 Å². The number of aryl methyl sites for hydroxylation is 1. The Morgan fingerprint density at radius 1 is 1.03 bits per heavy atom. The molecule has 0 spiro atoms. The zero-order valence-corrected chi connectivity index (χ0v) is 20.7. The maximum absolute atomic E-state index is 13.9. The lowest BCUT2D eigenvalue weighted by atomic mass is 10.1. The smallest absolute Gasteiger partial charge is 0.312 e. The highest BCUT2D eigenvalue weighted by atomic mass is 32.2. The van der Waals surface area contributed by atoms with Crippen LogP contribution >= 0.6 is 0 Å². The lowest BCUT2D eigenvalue weighted by molar-refractivity contribution is -0.118. The third kappa shape index (κ3) is 4.94. The van der Waals surface area contributed by atoms with Crippen molar-refractivity contribution in [1.82, 2.24) is 9.55 Å². The van der Waals surface area contributed by atoms with Crippen LogP contribution in [0.25, 0.3) is 10.9 Å². The molecule has 2 heterocycles. The number of benzene rings is 3. The Balaban J connectivity index is 1.29. The van der Waals surface area contributed by atoms with Gasteiger partial charge in [0.25, 0.3) is 5.56 Å². The number of aromatic nitrogens is 2. The molecular weight excluding hydrogens is 518 g/mol. The third-order valence-corrected chi connectivity index (χ3v) is 7.62. The zero-order valence-electron chi connectivity index (χ0n) is 19.9. The van der Waals surface area contributed by atoms with Gasteiger partial charge in [-0.05, 0) is 48.4 Å². The van der Waals surface area contributed by atoms with E-state index in [1.807, 2.05) is 0 Å². The second kappa shape index (κ2) is 9.86. The van der Waals surface area contributed by atoms with E-state index >= 15 is 0 Å². The fraction of sp³-hybridized carbons (Fsp3) is 0.192. The fourth-order valence-corrected chi connectivity index (χ4v) is 5.80. The lowest BCUT2D eigenvalue weighted by Gasteiger charge is -2.18. The van der Waals surface area contributed by atoms with Gasteiger partial charge in [0, 0.05) is 36.4 Å². The van der Waals surface area contributed by atoms with Crippen LogP contribution in [0.15, 0.2) is 70.3 Å². The molecule has 0 atom stereocenters. The monoisotopic (exact) mass is 540 g/mol. The van der Waals surface area contributed by atoms with Crippen LogP contribution in [0.5, 0.6) is 0 Å². The molecule has 0 fully saturated rings. The van der Waals surface area contributed by atoms with Gasteiger partial charge in [-0.3, -0.25) is 23.9 Å². The summed E-state index contributed by atoms with van der Waals surface area (Å²) in [6.45, 7) is 0.440. The number of rotatable bonds is 7. The minimum Gasteiger partial charge on any atom is -0.312 e. The average molecular weight is 541 g/mol. The van der Waals surface area contributed by atoms with Crippen molar-refractivity contribution in [2.75, 3.05) is 16.2 Å². The molecular formula is C26H22F2N4O5S. The van der Waals surface area contributed by atoms with E-state index in [2.05, 4.69) is 9.71 Å². The van der Waals surface area contributed by atoms with Crippen molar-refractivity contribution in [1.29, 1.82) is 0 Å². The minimum absolute atomic E-state index is 0.00294. The van der Waals surface area contributed by atoms with Crippen molar-refractivity contribution in [3.8, 4) is 0 Å². The van der Waals surface area contributed by atoms with Crippen molar-refractivity contribution in [2.45, 2.75) is 25.1 Å². The summed E-state index contributed by atoms with van der Waals surface area (Å²) in [6.07, 6.45) is 0.486. The first kappa shape index (κ1) is 25.3. The predicted octanol–water partition coefficient (Wildman–Crippen LogP) is 2.89. The molecule has 3 aromatic carbocycles. The number of aromatic amines is 1. The summed E-state index contributed by atoms with van der Waals surface area (Å²) >= 11 is 0. The molecule has 0 saturated heterocycles. The van der Waals surface area contributed by atoms with Gasteiger partial charge in [-0.1, -0.05) is 24.3 Å². The molecule has 1 aliphatic heterocycles. The molecule has 0 aliphatic carbocycles. The molecule has 9 nitrogen and oxygen atoms in total. The van der Waals surface area contributed by atoms with Crippen LogP contribution in [-0.4, -0.2) is 30.4 Å². The van der Waals surface area contributed by atoms with E-state index in [0.29, 0.717) is 29.6 Å². The minimum atomic E-state index is -4.03. The Kier molecular flexibility index (Phi) is 6.57. The van der Waals surface area contributed by atoms with Crippen LogP contribution in [0.3, 0.4) is 0 Å². The highest BCUT2D eigenvalue weighted by Crippen LogP contribution is 2.31. The van der Waals surface area contributed by atoms with Crippen LogP contribution in [0.1, 0.15) is 17.5 Å². The maximum atomic E-state index is 13.9.